The summed E-state index contributed by atoms with van der Waals surface area (Å²) in [6, 6.07) is 1.98. The molecule has 0 atom stereocenters. The number of hydrogen-bond donors (Lipinski definition) is 1. The number of nitrogens with two attached hydrogens (primary N) is 1. The molecule has 5 nitrogen and oxygen atoms in total. The predicted octanol–water partition coefficient (Wildman–Crippen LogP) is 1.88. The van der Waals surface area contributed by atoms with Crippen LogP contribution in [-0.2, 0) is 11.8 Å². The van der Waals surface area contributed by atoms with E-state index in [1.807, 2.05) is 23.1 Å². The first-order chi connectivity index (χ1) is 8.08. The van der Waals surface area contributed by atoms with Crippen LogP contribution in [0.15, 0.2) is 21.1 Å². The second-order valence-electron chi connectivity index (χ2n) is 3.25. The molecule has 0 aromatic carbocycles. The van der Waals surface area contributed by atoms with Crippen LogP contribution in [0.2, 0.25) is 0 Å². The second kappa shape index (κ2) is 5.19. The molecule has 2 aromatic rings. The number of primary amides is 1. The maximum atomic E-state index is 10.7. The highest BCUT2D eigenvalue weighted by atomic mass is 79.9. The van der Waals surface area contributed by atoms with E-state index in [1.54, 1.807) is 11.3 Å². The molecule has 2 heterocycles. The standard InChI is InChI=1S/C9H9BrN4OS2/c1-14-8(6-2-5(10)3-16-6)12-13-9(14)17-4-7(11)15/h2-3H,4H2,1H3,(H2,11,15). The van der Waals surface area contributed by atoms with E-state index in [-0.39, 0.29) is 11.7 Å². The Morgan fingerprint density at radius 3 is 3.00 bits per heavy atom. The van der Waals surface area contributed by atoms with E-state index in [2.05, 4.69) is 26.1 Å². The van der Waals surface area contributed by atoms with E-state index >= 15 is 0 Å². The Morgan fingerprint density at radius 1 is 1.65 bits per heavy atom. The highest BCUT2D eigenvalue weighted by Gasteiger charge is 2.13. The molecule has 90 valence electrons. The zero-order chi connectivity index (χ0) is 12.4. The van der Waals surface area contributed by atoms with Gasteiger partial charge in [0.05, 0.1) is 10.6 Å². The lowest BCUT2D eigenvalue weighted by atomic mass is 10.4. The molecule has 0 saturated heterocycles. The average Bonchev–Trinajstić information content (AvgIpc) is 2.82. The number of rotatable bonds is 4. The van der Waals surface area contributed by atoms with Crippen molar-refractivity contribution in [2.45, 2.75) is 5.16 Å². The van der Waals surface area contributed by atoms with Crippen LogP contribution in [0.1, 0.15) is 0 Å². The van der Waals surface area contributed by atoms with E-state index in [0.717, 1.165) is 15.2 Å². The van der Waals surface area contributed by atoms with Gasteiger partial charge in [0, 0.05) is 16.9 Å². The molecule has 8 heteroatoms. The molecule has 0 spiro atoms. The molecule has 0 bridgehead atoms. The number of nitrogens with zero attached hydrogens (tertiary/aromatic N) is 3. The van der Waals surface area contributed by atoms with E-state index in [1.165, 1.54) is 11.8 Å². The second-order valence-corrected chi connectivity index (χ2v) is 6.02. The number of halogens is 1. The summed E-state index contributed by atoms with van der Waals surface area (Å²) in [5, 5.41) is 10.8. The van der Waals surface area contributed by atoms with Crippen LogP contribution in [0.25, 0.3) is 10.7 Å². The van der Waals surface area contributed by atoms with Crippen LogP contribution >= 0.6 is 39.0 Å². The number of aromatic nitrogens is 3. The van der Waals surface area contributed by atoms with Crippen molar-refractivity contribution in [2.75, 3.05) is 5.75 Å². The third-order valence-electron chi connectivity index (χ3n) is 1.97. The van der Waals surface area contributed by atoms with E-state index in [0.29, 0.717) is 5.16 Å². The molecule has 0 saturated carbocycles. The number of carbonyl (C=O) groups excluding carboxylic acids is 1. The van der Waals surface area contributed by atoms with Gasteiger partial charge in [0.2, 0.25) is 5.91 Å². The van der Waals surface area contributed by atoms with Crippen molar-refractivity contribution in [2.24, 2.45) is 12.8 Å². The van der Waals surface area contributed by atoms with Crippen molar-refractivity contribution in [1.29, 1.82) is 0 Å². The van der Waals surface area contributed by atoms with Gasteiger partial charge in [0.25, 0.3) is 0 Å². The predicted molar refractivity (Wildman–Crippen MR) is 71.9 cm³/mol. The van der Waals surface area contributed by atoms with Crippen LogP contribution in [0, 0.1) is 0 Å². The van der Waals surface area contributed by atoms with Gasteiger partial charge in [-0.25, -0.2) is 0 Å². The molecule has 1 amide bonds. The van der Waals surface area contributed by atoms with Crippen LogP contribution in [0.5, 0.6) is 0 Å². The summed E-state index contributed by atoms with van der Waals surface area (Å²) in [6.45, 7) is 0. The molecule has 0 unspecified atom stereocenters. The van der Waals surface area contributed by atoms with Crippen LogP contribution < -0.4 is 5.73 Å². The molecule has 17 heavy (non-hydrogen) atoms. The molecular formula is C9H9BrN4OS2. The van der Waals surface area contributed by atoms with Gasteiger partial charge in [0.15, 0.2) is 11.0 Å². The molecule has 2 N–H and O–H groups in total. The van der Waals surface area contributed by atoms with Crippen molar-refractivity contribution in [1.82, 2.24) is 14.8 Å². The third-order valence-corrected chi connectivity index (χ3v) is 4.70. The van der Waals surface area contributed by atoms with Crippen LogP contribution in [0.3, 0.4) is 0 Å². The first-order valence-corrected chi connectivity index (χ1v) is 7.28. The van der Waals surface area contributed by atoms with Gasteiger partial charge in [0.1, 0.15) is 0 Å². The average molecular weight is 333 g/mol. The summed E-state index contributed by atoms with van der Waals surface area (Å²) in [7, 11) is 1.87. The van der Waals surface area contributed by atoms with E-state index in [4.69, 9.17) is 5.73 Å². The molecular weight excluding hydrogens is 324 g/mol. The van der Waals surface area contributed by atoms with E-state index < -0.39 is 0 Å². The summed E-state index contributed by atoms with van der Waals surface area (Å²) in [5.41, 5.74) is 5.09. The molecule has 0 aliphatic rings. The van der Waals surface area contributed by atoms with Gasteiger partial charge >= 0.3 is 0 Å². The summed E-state index contributed by atoms with van der Waals surface area (Å²) in [4.78, 5) is 11.7. The number of thioether (sulfide) groups is 1. The molecule has 0 radical (unpaired) electrons. The lowest BCUT2D eigenvalue weighted by Gasteiger charge is -2.00. The molecule has 0 aliphatic heterocycles. The smallest absolute Gasteiger partial charge is 0.227 e. The Hall–Kier alpha value is -0.860. The first kappa shape index (κ1) is 12.6. The minimum atomic E-state index is -0.363. The zero-order valence-electron chi connectivity index (χ0n) is 8.88. The highest BCUT2D eigenvalue weighted by Crippen LogP contribution is 2.30. The van der Waals surface area contributed by atoms with Gasteiger partial charge in [-0.15, -0.1) is 21.5 Å². The lowest BCUT2D eigenvalue weighted by molar-refractivity contribution is -0.115. The quantitative estimate of drug-likeness (QED) is 0.867. The Labute approximate surface area is 115 Å². The lowest BCUT2D eigenvalue weighted by Crippen LogP contribution is -2.13. The topological polar surface area (TPSA) is 73.8 Å². The summed E-state index contributed by atoms with van der Waals surface area (Å²) < 4.78 is 2.87. The van der Waals surface area contributed by atoms with Gasteiger partial charge in [-0.2, -0.15) is 0 Å². The maximum absolute atomic E-state index is 10.7. The summed E-state index contributed by atoms with van der Waals surface area (Å²) in [5.74, 6) is 0.631. The summed E-state index contributed by atoms with van der Waals surface area (Å²) in [6.07, 6.45) is 0. The fourth-order valence-corrected chi connectivity index (χ4v) is 3.32. The largest absolute Gasteiger partial charge is 0.369 e. The molecule has 0 fully saturated rings. The Bertz CT molecular complexity index is 551. The van der Waals surface area contributed by atoms with Crippen molar-refractivity contribution < 1.29 is 4.79 Å². The Kier molecular flexibility index (Phi) is 3.85. The number of carbonyl (C=O) groups is 1. The van der Waals surface area contributed by atoms with Crippen molar-refractivity contribution in [3.63, 3.8) is 0 Å². The van der Waals surface area contributed by atoms with Gasteiger partial charge in [-0.05, 0) is 22.0 Å². The van der Waals surface area contributed by atoms with Crippen molar-refractivity contribution in [3.8, 4) is 10.7 Å². The Balaban J connectivity index is 2.23. The van der Waals surface area contributed by atoms with E-state index in [9.17, 15) is 4.79 Å². The van der Waals surface area contributed by atoms with Crippen molar-refractivity contribution >= 4 is 44.9 Å². The SMILES string of the molecule is Cn1c(SCC(N)=O)nnc1-c1cc(Br)cs1. The van der Waals surface area contributed by atoms with Gasteiger partial charge < -0.3 is 10.3 Å². The molecule has 2 rings (SSSR count). The summed E-state index contributed by atoms with van der Waals surface area (Å²) >= 11 is 6.27. The highest BCUT2D eigenvalue weighted by molar-refractivity contribution is 9.10. The number of thiophene rings is 1. The van der Waals surface area contributed by atoms with Gasteiger partial charge in [-0.1, -0.05) is 11.8 Å². The molecule has 0 aliphatic carbocycles. The monoisotopic (exact) mass is 332 g/mol. The third kappa shape index (κ3) is 2.88. The fraction of sp³-hybridized carbons (Fsp3) is 0.222. The Morgan fingerprint density at radius 2 is 2.41 bits per heavy atom. The zero-order valence-corrected chi connectivity index (χ0v) is 12.1. The van der Waals surface area contributed by atoms with Crippen LogP contribution in [-0.4, -0.2) is 26.4 Å². The normalized spacial score (nSPS) is 10.7. The number of hydrogen-bond acceptors (Lipinski definition) is 5. The molecule has 2 aromatic heterocycles. The minimum Gasteiger partial charge on any atom is -0.369 e. The van der Waals surface area contributed by atoms with Crippen LogP contribution in [0.4, 0.5) is 0 Å². The fourth-order valence-electron chi connectivity index (χ4n) is 1.22. The first-order valence-electron chi connectivity index (χ1n) is 4.63. The number of amides is 1. The van der Waals surface area contributed by atoms with Gasteiger partial charge in [-0.3, -0.25) is 4.79 Å². The minimum absolute atomic E-state index is 0.208. The van der Waals surface area contributed by atoms with Crippen molar-refractivity contribution in [3.05, 3.63) is 15.9 Å². The maximum Gasteiger partial charge on any atom is 0.227 e.